The van der Waals surface area contributed by atoms with Gasteiger partial charge in [-0.1, -0.05) is 48.5 Å². The van der Waals surface area contributed by atoms with E-state index in [9.17, 15) is 24.0 Å². The van der Waals surface area contributed by atoms with Crippen LogP contribution in [0.5, 0.6) is 0 Å². The zero-order chi connectivity index (χ0) is 27.7. The molecule has 0 aliphatic heterocycles. The fourth-order valence-electron chi connectivity index (χ4n) is 3.91. The number of fused-ring (bicyclic) bond motifs is 1. The third-order valence-corrected chi connectivity index (χ3v) is 5.83. The molecular weight excluding hydrogens is 492 g/mol. The van der Waals surface area contributed by atoms with Gasteiger partial charge in [-0.2, -0.15) is 0 Å². The Labute approximate surface area is 218 Å². The number of primary amides is 1. The molecule has 0 spiro atoms. The highest BCUT2D eigenvalue weighted by molar-refractivity contribution is 5.94. The van der Waals surface area contributed by atoms with Crippen molar-refractivity contribution in [3.63, 3.8) is 0 Å². The van der Waals surface area contributed by atoms with Crippen LogP contribution in [0.3, 0.4) is 0 Å². The first-order chi connectivity index (χ1) is 18.1. The summed E-state index contributed by atoms with van der Waals surface area (Å²) in [4.78, 5) is 63.6. The number of para-hydroxylation sites is 1. The third-order valence-electron chi connectivity index (χ3n) is 5.83. The number of hydrogen-bond donors (Lipinski definition) is 7. The number of H-pyrrole nitrogens is 1. The molecule has 1 heterocycles. The van der Waals surface area contributed by atoms with Crippen molar-refractivity contribution < 1.29 is 29.1 Å². The van der Waals surface area contributed by atoms with Crippen LogP contribution in [0.25, 0.3) is 10.9 Å². The number of rotatable bonds is 13. The van der Waals surface area contributed by atoms with Gasteiger partial charge in [0, 0.05) is 23.5 Å². The lowest BCUT2D eigenvalue weighted by atomic mass is 10.0. The summed E-state index contributed by atoms with van der Waals surface area (Å²) in [7, 11) is 0. The molecular formula is C26H30N6O6. The van der Waals surface area contributed by atoms with Gasteiger partial charge in [-0.05, 0) is 23.6 Å². The number of hydrogen-bond acceptors (Lipinski definition) is 6. The van der Waals surface area contributed by atoms with E-state index >= 15 is 0 Å². The lowest BCUT2D eigenvalue weighted by molar-refractivity contribution is -0.143. The molecule has 38 heavy (non-hydrogen) atoms. The number of amides is 4. The molecule has 2 aromatic carbocycles. The second-order valence-corrected chi connectivity index (χ2v) is 8.77. The van der Waals surface area contributed by atoms with Crippen LogP contribution in [0.15, 0.2) is 60.8 Å². The zero-order valence-electron chi connectivity index (χ0n) is 20.5. The standard InChI is InChI=1S/C26H30N6O6/c27-18(10-15-6-2-1-3-7-15)24(35)32-20(11-16-13-29-19-9-5-4-8-17(16)19)25(36)30-14-23(34)31-21(26(37)38)12-22(28)33/h1-9,13,18,20-21,29H,10-12,14,27H2,(H2,28,33)(H,30,36)(H,31,34)(H,32,35)(H,37,38). The van der Waals surface area contributed by atoms with E-state index in [0.717, 1.165) is 22.0 Å². The van der Waals surface area contributed by atoms with Crippen LogP contribution in [0.2, 0.25) is 0 Å². The van der Waals surface area contributed by atoms with E-state index < -0.39 is 60.7 Å². The molecule has 0 saturated carbocycles. The summed E-state index contributed by atoms with van der Waals surface area (Å²) < 4.78 is 0. The van der Waals surface area contributed by atoms with Crippen molar-refractivity contribution >= 4 is 40.5 Å². The van der Waals surface area contributed by atoms with Gasteiger partial charge in [-0.25, -0.2) is 4.79 Å². The van der Waals surface area contributed by atoms with E-state index in [1.807, 2.05) is 54.6 Å². The van der Waals surface area contributed by atoms with Gasteiger partial charge >= 0.3 is 5.97 Å². The van der Waals surface area contributed by atoms with Gasteiger partial charge in [0.2, 0.25) is 23.6 Å². The second kappa shape index (κ2) is 13.0. The molecule has 1 aromatic heterocycles. The number of nitrogens with one attached hydrogen (secondary N) is 4. The Hall–Kier alpha value is -4.71. The Morgan fingerprint density at radius 2 is 1.55 bits per heavy atom. The number of nitrogens with two attached hydrogens (primary N) is 2. The lowest BCUT2D eigenvalue weighted by Gasteiger charge is -2.21. The third kappa shape index (κ3) is 7.90. The first kappa shape index (κ1) is 27.9. The van der Waals surface area contributed by atoms with Crippen molar-refractivity contribution in [2.45, 2.75) is 37.4 Å². The van der Waals surface area contributed by atoms with Crippen LogP contribution in [-0.2, 0) is 36.8 Å². The Morgan fingerprint density at radius 1 is 0.868 bits per heavy atom. The molecule has 3 atom stereocenters. The number of carboxylic acids is 1. The summed E-state index contributed by atoms with van der Waals surface area (Å²) in [5.41, 5.74) is 13.6. The Bertz CT molecular complexity index is 1310. The highest BCUT2D eigenvalue weighted by Crippen LogP contribution is 2.19. The van der Waals surface area contributed by atoms with Crippen molar-refractivity contribution in [1.82, 2.24) is 20.9 Å². The summed E-state index contributed by atoms with van der Waals surface area (Å²) in [5, 5.41) is 17.2. The highest BCUT2D eigenvalue weighted by Gasteiger charge is 2.27. The second-order valence-electron chi connectivity index (χ2n) is 8.77. The van der Waals surface area contributed by atoms with Gasteiger partial charge < -0.3 is 37.5 Å². The number of carbonyl (C=O) groups excluding carboxylic acids is 4. The van der Waals surface area contributed by atoms with E-state index in [4.69, 9.17) is 16.6 Å². The van der Waals surface area contributed by atoms with E-state index in [-0.39, 0.29) is 12.8 Å². The zero-order valence-corrected chi connectivity index (χ0v) is 20.5. The summed E-state index contributed by atoms with van der Waals surface area (Å²) >= 11 is 0. The predicted molar refractivity (Wildman–Crippen MR) is 138 cm³/mol. The van der Waals surface area contributed by atoms with Crippen LogP contribution < -0.4 is 27.4 Å². The molecule has 9 N–H and O–H groups in total. The van der Waals surface area contributed by atoms with Crippen LogP contribution in [-0.4, -0.2) is 64.4 Å². The Morgan fingerprint density at radius 3 is 2.24 bits per heavy atom. The maximum atomic E-state index is 13.1. The fourth-order valence-corrected chi connectivity index (χ4v) is 3.91. The molecule has 0 aliphatic carbocycles. The number of carboxylic acid groups (broad SMARTS) is 1. The molecule has 3 unspecified atom stereocenters. The maximum Gasteiger partial charge on any atom is 0.326 e. The summed E-state index contributed by atoms with van der Waals surface area (Å²) in [6.45, 7) is -0.586. The van der Waals surface area contributed by atoms with E-state index in [1.165, 1.54) is 0 Å². The van der Waals surface area contributed by atoms with Crippen molar-refractivity contribution in [3.8, 4) is 0 Å². The summed E-state index contributed by atoms with van der Waals surface area (Å²) in [5.74, 6) is -4.42. The van der Waals surface area contributed by atoms with Crippen LogP contribution in [0.1, 0.15) is 17.5 Å². The van der Waals surface area contributed by atoms with E-state index in [2.05, 4.69) is 20.9 Å². The minimum atomic E-state index is -1.53. The molecule has 3 rings (SSSR count). The largest absolute Gasteiger partial charge is 0.480 e. The molecule has 0 radical (unpaired) electrons. The van der Waals surface area contributed by atoms with Crippen LogP contribution in [0.4, 0.5) is 0 Å². The average molecular weight is 523 g/mol. The van der Waals surface area contributed by atoms with Crippen molar-refractivity contribution in [3.05, 3.63) is 71.9 Å². The molecule has 12 nitrogen and oxygen atoms in total. The smallest absolute Gasteiger partial charge is 0.326 e. The molecule has 0 aliphatic rings. The first-order valence-corrected chi connectivity index (χ1v) is 11.9. The van der Waals surface area contributed by atoms with E-state index in [0.29, 0.717) is 0 Å². The average Bonchev–Trinajstić information content (AvgIpc) is 3.29. The molecule has 3 aromatic rings. The van der Waals surface area contributed by atoms with Crippen molar-refractivity contribution in [2.75, 3.05) is 6.54 Å². The Balaban J connectivity index is 1.70. The number of aliphatic carboxylic acids is 1. The van der Waals surface area contributed by atoms with E-state index in [1.54, 1.807) is 6.20 Å². The number of carbonyl (C=O) groups is 5. The summed E-state index contributed by atoms with van der Waals surface area (Å²) in [6, 6.07) is 13.1. The fraction of sp³-hybridized carbons (Fsp3) is 0.269. The van der Waals surface area contributed by atoms with Crippen molar-refractivity contribution in [2.24, 2.45) is 11.5 Å². The minimum Gasteiger partial charge on any atom is -0.480 e. The molecule has 12 heteroatoms. The SMILES string of the molecule is NC(=O)CC(NC(=O)CNC(=O)C(Cc1c[nH]c2ccccc12)NC(=O)C(N)Cc1ccccc1)C(=O)O. The first-order valence-electron chi connectivity index (χ1n) is 11.9. The van der Waals surface area contributed by atoms with Gasteiger partial charge in [0.1, 0.15) is 12.1 Å². The molecule has 0 bridgehead atoms. The lowest BCUT2D eigenvalue weighted by Crippen LogP contribution is -2.54. The highest BCUT2D eigenvalue weighted by atomic mass is 16.4. The molecule has 200 valence electrons. The van der Waals surface area contributed by atoms with Crippen LogP contribution in [0, 0.1) is 0 Å². The van der Waals surface area contributed by atoms with Crippen molar-refractivity contribution in [1.29, 1.82) is 0 Å². The number of benzene rings is 2. The minimum absolute atomic E-state index is 0.0979. The molecule has 4 amide bonds. The maximum absolute atomic E-state index is 13.1. The van der Waals surface area contributed by atoms with Gasteiger partial charge in [-0.3, -0.25) is 19.2 Å². The van der Waals surface area contributed by atoms with Crippen LogP contribution >= 0.6 is 0 Å². The molecule has 0 fully saturated rings. The quantitative estimate of drug-likeness (QED) is 0.154. The molecule has 0 saturated heterocycles. The van der Waals surface area contributed by atoms with Gasteiger partial charge in [0.05, 0.1) is 19.0 Å². The Kier molecular flexibility index (Phi) is 9.54. The monoisotopic (exact) mass is 522 g/mol. The van der Waals surface area contributed by atoms with Gasteiger partial charge in [-0.15, -0.1) is 0 Å². The number of aromatic nitrogens is 1. The topological polar surface area (TPSA) is 209 Å². The number of aromatic amines is 1. The predicted octanol–water partition coefficient (Wildman–Crippen LogP) is -0.674. The summed E-state index contributed by atoms with van der Waals surface area (Å²) in [6.07, 6.45) is 1.48. The normalized spacial score (nSPS) is 13.2. The van der Waals surface area contributed by atoms with Gasteiger partial charge in [0.15, 0.2) is 0 Å². The van der Waals surface area contributed by atoms with Gasteiger partial charge in [0.25, 0.3) is 0 Å².